The molecule has 2 aromatic rings. The lowest BCUT2D eigenvalue weighted by Crippen LogP contribution is -2.45. The highest BCUT2D eigenvalue weighted by Gasteiger charge is 2.37. The van der Waals surface area contributed by atoms with Crippen LogP contribution in [0.3, 0.4) is 0 Å². The maximum absolute atomic E-state index is 13.3. The number of aryl methyl sites for hydroxylation is 1. The molecule has 134 valence electrons. The van der Waals surface area contributed by atoms with Gasteiger partial charge in [0.05, 0.1) is 4.90 Å². The Hall–Kier alpha value is -1.69. The van der Waals surface area contributed by atoms with Crippen molar-refractivity contribution in [2.24, 2.45) is 0 Å². The van der Waals surface area contributed by atoms with Crippen LogP contribution >= 0.6 is 0 Å². The third kappa shape index (κ3) is 3.78. The van der Waals surface area contributed by atoms with E-state index in [2.05, 4.69) is 24.4 Å². The molecule has 5 heteroatoms. The Balaban J connectivity index is 1.99. The molecule has 2 aromatic carbocycles. The van der Waals surface area contributed by atoms with Crippen molar-refractivity contribution >= 4 is 10.0 Å². The first-order valence-corrected chi connectivity index (χ1v) is 10.3. The van der Waals surface area contributed by atoms with E-state index in [4.69, 9.17) is 0 Å². The molecule has 1 heterocycles. The van der Waals surface area contributed by atoms with Crippen molar-refractivity contribution in [2.75, 3.05) is 13.1 Å². The van der Waals surface area contributed by atoms with Crippen LogP contribution in [0.4, 0.5) is 0 Å². The van der Waals surface area contributed by atoms with E-state index in [0.717, 1.165) is 30.5 Å². The molecule has 0 aromatic heterocycles. The van der Waals surface area contributed by atoms with Gasteiger partial charge in [0, 0.05) is 18.6 Å². The zero-order valence-electron chi connectivity index (χ0n) is 14.9. The van der Waals surface area contributed by atoms with Gasteiger partial charge in [-0.05, 0) is 44.0 Å². The second kappa shape index (κ2) is 7.68. The van der Waals surface area contributed by atoms with Gasteiger partial charge in [0.1, 0.15) is 0 Å². The molecule has 25 heavy (non-hydrogen) atoms. The standard InChI is InChI=1S/C20H26N2O2S/c1-3-19-20(17-8-5-4-6-9-17)21-14-7-15-22(19)25(23,24)18-12-10-16(2)11-13-18/h4-6,8-13,19-21H,3,7,14-15H2,1-2H3/t19-,20+/m0/s1. The van der Waals surface area contributed by atoms with Crippen molar-refractivity contribution in [1.29, 1.82) is 0 Å². The minimum Gasteiger partial charge on any atom is -0.309 e. The number of hydrogen-bond donors (Lipinski definition) is 1. The molecule has 0 unspecified atom stereocenters. The van der Waals surface area contributed by atoms with Gasteiger partial charge in [-0.3, -0.25) is 0 Å². The van der Waals surface area contributed by atoms with Crippen LogP contribution < -0.4 is 5.32 Å². The van der Waals surface area contributed by atoms with Crippen LogP contribution in [0.2, 0.25) is 0 Å². The van der Waals surface area contributed by atoms with E-state index >= 15 is 0 Å². The van der Waals surface area contributed by atoms with Crippen LogP contribution in [0.1, 0.15) is 36.9 Å². The van der Waals surface area contributed by atoms with Gasteiger partial charge in [-0.15, -0.1) is 0 Å². The largest absolute Gasteiger partial charge is 0.309 e. The van der Waals surface area contributed by atoms with E-state index in [9.17, 15) is 8.42 Å². The summed E-state index contributed by atoms with van der Waals surface area (Å²) in [6, 6.07) is 17.2. The number of hydrogen-bond acceptors (Lipinski definition) is 3. The molecule has 0 aliphatic carbocycles. The molecule has 0 saturated carbocycles. The molecule has 4 nitrogen and oxygen atoms in total. The van der Waals surface area contributed by atoms with Gasteiger partial charge in [0.25, 0.3) is 0 Å². The average Bonchev–Trinajstić information content (AvgIpc) is 2.85. The smallest absolute Gasteiger partial charge is 0.243 e. The second-order valence-corrected chi connectivity index (χ2v) is 8.49. The van der Waals surface area contributed by atoms with Crippen molar-refractivity contribution in [3.05, 3.63) is 65.7 Å². The van der Waals surface area contributed by atoms with Gasteiger partial charge in [0.2, 0.25) is 10.0 Å². The van der Waals surface area contributed by atoms with Gasteiger partial charge in [-0.1, -0.05) is 55.0 Å². The SMILES string of the molecule is CC[C@H]1[C@@H](c2ccccc2)NCCCN1S(=O)(=O)c1ccc(C)cc1. The first kappa shape index (κ1) is 18.1. The Bertz CT molecular complexity index is 788. The second-order valence-electron chi connectivity index (χ2n) is 6.60. The van der Waals surface area contributed by atoms with Crippen molar-refractivity contribution in [1.82, 2.24) is 9.62 Å². The van der Waals surface area contributed by atoms with E-state index in [1.165, 1.54) is 0 Å². The van der Waals surface area contributed by atoms with Crippen LogP contribution in [0, 0.1) is 6.92 Å². The normalized spacial score (nSPS) is 22.5. The fourth-order valence-electron chi connectivity index (χ4n) is 3.54. The summed E-state index contributed by atoms with van der Waals surface area (Å²) in [5, 5.41) is 3.56. The summed E-state index contributed by atoms with van der Waals surface area (Å²) in [4.78, 5) is 0.380. The highest BCUT2D eigenvalue weighted by Crippen LogP contribution is 2.30. The van der Waals surface area contributed by atoms with E-state index in [1.807, 2.05) is 37.3 Å². The molecule has 0 amide bonds. The topological polar surface area (TPSA) is 49.4 Å². The lowest BCUT2D eigenvalue weighted by Gasteiger charge is -2.34. The Kier molecular flexibility index (Phi) is 5.57. The quantitative estimate of drug-likeness (QED) is 0.910. The van der Waals surface area contributed by atoms with E-state index in [1.54, 1.807) is 16.4 Å². The fourth-order valence-corrected chi connectivity index (χ4v) is 5.29. The molecule has 1 N–H and O–H groups in total. The molecule has 1 aliphatic rings. The molecular weight excluding hydrogens is 332 g/mol. The van der Waals surface area contributed by atoms with Gasteiger partial charge >= 0.3 is 0 Å². The molecule has 1 fully saturated rings. The minimum atomic E-state index is -3.51. The first-order chi connectivity index (χ1) is 12.0. The lowest BCUT2D eigenvalue weighted by molar-refractivity contribution is 0.278. The molecule has 1 aliphatic heterocycles. The van der Waals surface area contributed by atoms with Crippen molar-refractivity contribution in [3.8, 4) is 0 Å². The Morgan fingerprint density at radius 1 is 1.08 bits per heavy atom. The van der Waals surface area contributed by atoms with Crippen LogP contribution in [-0.2, 0) is 10.0 Å². The van der Waals surface area contributed by atoms with Gasteiger partial charge in [-0.25, -0.2) is 8.42 Å². The fraction of sp³-hybridized carbons (Fsp3) is 0.400. The first-order valence-electron chi connectivity index (χ1n) is 8.91. The van der Waals surface area contributed by atoms with E-state index < -0.39 is 10.0 Å². The predicted octanol–water partition coefficient (Wildman–Crippen LogP) is 3.50. The molecular formula is C20H26N2O2S. The highest BCUT2D eigenvalue weighted by atomic mass is 32.2. The van der Waals surface area contributed by atoms with Gasteiger partial charge in [-0.2, -0.15) is 4.31 Å². The van der Waals surface area contributed by atoms with Crippen molar-refractivity contribution in [2.45, 2.75) is 43.7 Å². The van der Waals surface area contributed by atoms with Gasteiger partial charge in [0.15, 0.2) is 0 Å². The van der Waals surface area contributed by atoms with Crippen LogP contribution in [0.25, 0.3) is 0 Å². The average molecular weight is 359 g/mol. The number of nitrogens with zero attached hydrogens (tertiary/aromatic N) is 1. The summed E-state index contributed by atoms with van der Waals surface area (Å²) in [5.41, 5.74) is 2.20. The van der Waals surface area contributed by atoms with Crippen LogP contribution in [-0.4, -0.2) is 31.9 Å². The summed E-state index contributed by atoms with van der Waals surface area (Å²) in [5.74, 6) is 0. The van der Waals surface area contributed by atoms with Crippen LogP contribution in [0.5, 0.6) is 0 Å². The Morgan fingerprint density at radius 3 is 2.40 bits per heavy atom. The molecule has 3 rings (SSSR count). The molecule has 0 radical (unpaired) electrons. The summed E-state index contributed by atoms with van der Waals surface area (Å²) in [6.07, 6.45) is 1.57. The maximum atomic E-state index is 13.3. The number of nitrogens with one attached hydrogen (secondary N) is 1. The van der Waals surface area contributed by atoms with E-state index in [-0.39, 0.29) is 12.1 Å². The Labute approximate surface area is 150 Å². The summed E-state index contributed by atoms with van der Waals surface area (Å²) < 4.78 is 28.3. The zero-order chi connectivity index (χ0) is 17.9. The Morgan fingerprint density at radius 2 is 1.76 bits per heavy atom. The summed E-state index contributed by atoms with van der Waals surface area (Å²) in [6.45, 7) is 5.39. The number of benzene rings is 2. The predicted molar refractivity (Wildman–Crippen MR) is 101 cm³/mol. The van der Waals surface area contributed by atoms with Crippen molar-refractivity contribution < 1.29 is 8.42 Å². The maximum Gasteiger partial charge on any atom is 0.243 e. The molecule has 2 atom stereocenters. The van der Waals surface area contributed by atoms with Crippen molar-refractivity contribution in [3.63, 3.8) is 0 Å². The number of sulfonamides is 1. The molecule has 1 saturated heterocycles. The van der Waals surface area contributed by atoms with E-state index in [0.29, 0.717) is 11.4 Å². The minimum absolute atomic E-state index is 0.00826. The third-order valence-electron chi connectivity index (χ3n) is 4.88. The van der Waals surface area contributed by atoms with Gasteiger partial charge < -0.3 is 5.32 Å². The lowest BCUT2D eigenvalue weighted by atomic mass is 9.98. The highest BCUT2D eigenvalue weighted by molar-refractivity contribution is 7.89. The monoisotopic (exact) mass is 358 g/mol. The summed E-state index contributed by atoms with van der Waals surface area (Å²) in [7, 11) is -3.51. The van der Waals surface area contributed by atoms with Crippen LogP contribution in [0.15, 0.2) is 59.5 Å². The zero-order valence-corrected chi connectivity index (χ0v) is 15.7. The third-order valence-corrected chi connectivity index (χ3v) is 6.82. The number of rotatable bonds is 4. The molecule has 0 bridgehead atoms. The summed E-state index contributed by atoms with van der Waals surface area (Å²) >= 11 is 0. The molecule has 0 spiro atoms.